The number of aliphatic hydroxyl groups is 1. The van der Waals surface area contributed by atoms with Gasteiger partial charge in [0.05, 0.1) is 28.6 Å². The van der Waals surface area contributed by atoms with E-state index in [0.717, 1.165) is 12.5 Å². The number of hydrogen-bond donors (Lipinski definition) is 3. The molecule has 2 atom stereocenters. The van der Waals surface area contributed by atoms with Gasteiger partial charge in [-0.05, 0) is 107 Å². The number of rotatable bonds is 17. The Labute approximate surface area is 384 Å². The molecule has 0 radical (unpaired) electrons. The number of carbonyl (C=O) groups excluding carboxylic acids is 2. The number of hydrogen-bond acceptors (Lipinski definition) is 14. The van der Waals surface area contributed by atoms with Crippen molar-refractivity contribution in [3.05, 3.63) is 121 Å². The Morgan fingerprint density at radius 2 is 0.985 bits per heavy atom. The molecular formula is C46H54N6O12S2. The van der Waals surface area contributed by atoms with Crippen LogP contribution in [0.25, 0.3) is 0 Å². The third kappa shape index (κ3) is 15.8. The number of nitrogens with one attached hydrogen (secondary N) is 2. The van der Waals surface area contributed by atoms with Gasteiger partial charge in [0.1, 0.15) is 46.7 Å². The molecule has 0 saturated heterocycles. The first kappa shape index (κ1) is 50.3. The van der Waals surface area contributed by atoms with Crippen molar-refractivity contribution < 1.29 is 55.2 Å². The minimum atomic E-state index is -3.32. The van der Waals surface area contributed by atoms with E-state index in [0.29, 0.717) is 58.3 Å². The SMILES string of the molecule is C[C@@H](CO)Oc1cc(Oc2ccc(S(C)(=O)=O)cc2)cc(C(=O)Nc2ccn(C)n2)c1.C[C@@H](COC(C)(C)C)Oc1cc(Oc2ccc(S(C)(=O)=O)cc2)cc(C(=O)Nc2ccn(C)n2)c1. The van der Waals surface area contributed by atoms with Gasteiger partial charge in [0.25, 0.3) is 11.8 Å². The van der Waals surface area contributed by atoms with E-state index in [1.165, 1.54) is 48.5 Å². The van der Waals surface area contributed by atoms with Crippen LogP contribution >= 0.6 is 0 Å². The van der Waals surface area contributed by atoms with Crippen LogP contribution in [0, 0.1) is 0 Å². The highest BCUT2D eigenvalue weighted by Gasteiger charge is 2.18. The van der Waals surface area contributed by atoms with Gasteiger partial charge in [0.15, 0.2) is 31.3 Å². The van der Waals surface area contributed by atoms with E-state index in [9.17, 15) is 31.5 Å². The number of amides is 2. The van der Waals surface area contributed by atoms with Gasteiger partial charge >= 0.3 is 0 Å². The van der Waals surface area contributed by atoms with Crippen LogP contribution in [-0.2, 0) is 38.5 Å². The molecule has 2 heterocycles. The van der Waals surface area contributed by atoms with Gasteiger partial charge in [-0.1, -0.05) is 0 Å². The lowest BCUT2D eigenvalue weighted by molar-refractivity contribution is -0.0374. The molecule has 20 heteroatoms. The summed E-state index contributed by atoms with van der Waals surface area (Å²) in [6.07, 6.45) is 4.91. The van der Waals surface area contributed by atoms with E-state index in [1.54, 1.807) is 91.3 Å². The normalized spacial score (nSPS) is 12.5. The highest BCUT2D eigenvalue weighted by Crippen LogP contribution is 2.31. The molecule has 18 nitrogen and oxygen atoms in total. The van der Waals surface area contributed by atoms with Gasteiger partial charge in [0, 0.05) is 74.4 Å². The molecule has 0 aliphatic heterocycles. The standard InChI is InChI=1S/C25H31N3O6S.C21H23N3O6S/c1-17(16-32-25(2,3)4)33-20-13-18(24(29)26-23-11-12-28(5)27-23)14-21(15-20)34-19-7-9-22(10-8-19)35(6,30)31;1-14(13-25)29-17-10-15(21(26)22-20-8-9-24(2)23-20)11-18(12-17)30-16-4-6-19(7-5-16)31(3,27)28/h7-15,17H,16H2,1-6H3,(H,26,27,29);4-12,14,25H,13H2,1-3H3,(H,22,23,26)/t17-;14-/m00/s1. The predicted octanol–water partition coefficient (Wildman–Crippen LogP) is 7.08. The number of carbonyl (C=O) groups is 2. The van der Waals surface area contributed by atoms with E-state index < -0.39 is 31.7 Å². The van der Waals surface area contributed by atoms with E-state index in [2.05, 4.69) is 20.8 Å². The third-order valence-corrected chi connectivity index (χ3v) is 11.1. The molecule has 0 aliphatic rings. The molecular weight excluding hydrogens is 893 g/mol. The van der Waals surface area contributed by atoms with Crippen molar-refractivity contribution in [2.24, 2.45) is 14.1 Å². The van der Waals surface area contributed by atoms with E-state index in [1.807, 2.05) is 27.7 Å². The molecule has 3 N–H and O–H groups in total. The monoisotopic (exact) mass is 946 g/mol. The summed E-state index contributed by atoms with van der Waals surface area (Å²) in [7, 11) is -3.15. The Morgan fingerprint density at radius 3 is 1.32 bits per heavy atom. The van der Waals surface area contributed by atoms with Gasteiger partial charge in [-0.25, -0.2) is 16.8 Å². The van der Waals surface area contributed by atoms with Gasteiger partial charge in [-0.3, -0.25) is 19.0 Å². The molecule has 352 valence electrons. The molecule has 66 heavy (non-hydrogen) atoms. The molecule has 0 spiro atoms. The molecule has 0 bridgehead atoms. The van der Waals surface area contributed by atoms with Crippen molar-refractivity contribution in [2.75, 3.05) is 36.4 Å². The molecule has 2 amide bonds. The van der Waals surface area contributed by atoms with Crippen LogP contribution in [0.15, 0.2) is 119 Å². The Balaban J connectivity index is 0.000000249. The first-order valence-corrected chi connectivity index (χ1v) is 24.2. The summed E-state index contributed by atoms with van der Waals surface area (Å²) in [6, 6.07) is 24.8. The fourth-order valence-electron chi connectivity index (χ4n) is 5.69. The number of benzene rings is 4. The smallest absolute Gasteiger partial charge is 0.257 e. The summed E-state index contributed by atoms with van der Waals surface area (Å²) in [6.45, 7) is 9.60. The topological polar surface area (TPSA) is 228 Å². The third-order valence-electron chi connectivity index (χ3n) is 8.85. The van der Waals surface area contributed by atoms with Crippen LogP contribution in [0.5, 0.6) is 34.5 Å². The molecule has 0 fully saturated rings. The van der Waals surface area contributed by atoms with Crippen LogP contribution in [-0.4, -0.2) is 96.9 Å². The number of nitrogens with zero attached hydrogens (tertiary/aromatic N) is 4. The lowest BCUT2D eigenvalue weighted by atomic mass is 10.1. The second kappa shape index (κ2) is 21.5. The van der Waals surface area contributed by atoms with E-state index in [-0.39, 0.29) is 39.6 Å². The minimum absolute atomic E-state index is 0.170. The zero-order valence-electron chi connectivity index (χ0n) is 38.0. The van der Waals surface area contributed by atoms with Crippen molar-refractivity contribution in [1.82, 2.24) is 19.6 Å². The van der Waals surface area contributed by atoms with Crippen LogP contribution < -0.4 is 29.6 Å². The maximum absolute atomic E-state index is 12.9. The Hall–Kier alpha value is -6.74. The highest BCUT2D eigenvalue weighted by atomic mass is 32.2. The lowest BCUT2D eigenvalue weighted by Crippen LogP contribution is -2.27. The minimum Gasteiger partial charge on any atom is -0.488 e. The lowest BCUT2D eigenvalue weighted by Gasteiger charge is -2.23. The summed E-state index contributed by atoms with van der Waals surface area (Å²) in [5.74, 6) is 2.21. The number of anilines is 2. The second-order valence-corrected chi connectivity index (χ2v) is 20.2. The summed E-state index contributed by atoms with van der Waals surface area (Å²) in [5, 5.41) is 23.0. The zero-order chi connectivity index (χ0) is 48.4. The van der Waals surface area contributed by atoms with Crippen LogP contribution in [0.3, 0.4) is 0 Å². The van der Waals surface area contributed by atoms with Crippen molar-refractivity contribution in [3.8, 4) is 34.5 Å². The van der Waals surface area contributed by atoms with E-state index in [4.69, 9.17) is 23.7 Å². The molecule has 0 saturated carbocycles. The molecule has 0 unspecified atom stereocenters. The number of ether oxygens (including phenoxy) is 5. The zero-order valence-corrected chi connectivity index (χ0v) is 39.6. The van der Waals surface area contributed by atoms with Gasteiger partial charge < -0.3 is 39.4 Å². The largest absolute Gasteiger partial charge is 0.488 e. The Morgan fingerprint density at radius 1 is 0.606 bits per heavy atom. The fourth-order valence-corrected chi connectivity index (χ4v) is 6.95. The average Bonchev–Trinajstić information content (AvgIpc) is 3.85. The Kier molecular flexibility index (Phi) is 16.4. The van der Waals surface area contributed by atoms with Crippen LogP contribution in [0.4, 0.5) is 11.6 Å². The number of aryl methyl sites for hydroxylation is 2. The second-order valence-electron chi connectivity index (χ2n) is 16.2. The summed E-state index contributed by atoms with van der Waals surface area (Å²) in [5.41, 5.74) is 0.255. The van der Waals surface area contributed by atoms with Crippen molar-refractivity contribution in [3.63, 3.8) is 0 Å². The first-order valence-electron chi connectivity index (χ1n) is 20.4. The van der Waals surface area contributed by atoms with Crippen LogP contribution in [0.2, 0.25) is 0 Å². The predicted molar refractivity (Wildman–Crippen MR) is 247 cm³/mol. The molecule has 4 aromatic carbocycles. The maximum atomic E-state index is 12.9. The maximum Gasteiger partial charge on any atom is 0.257 e. The summed E-state index contributed by atoms with van der Waals surface area (Å²) in [4.78, 5) is 26.0. The highest BCUT2D eigenvalue weighted by molar-refractivity contribution is 7.91. The Bertz CT molecular complexity index is 2840. The summed E-state index contributed by atoms with van der Waals surface area (Å²) >= 11 is 0. The van der Waals surface area contributed by atoms with Crippen molar-refractivity contribution >= 4 is 43.1 Å². The summed E-state index contributed by atoms with van der Waals surface area (Å²) < 4.78 is 79.0. The van der Waals surface area contributed by atoms with Gasteiger partial charge in [0.2, 0.25) is 0 Å². The number of sulfone groups is 2. The van der Waals surface area contributed by atoms with Crippen molar-refractivity contribution in [2.45, 2.75) is 62.2 Å². The number of aliphatic hydroxyl groups excluding tert-OH is 1. The molecule has 6 rings (SSSR count). The molecule has 2 aromatic heterocycles. The molecule has 0 aliphatic carbocycles. The van der Waals surface area contributed by atoms with Gasteiger partial charge in [-0.2, -0.15) is 10.2 Å². The average molecular weight is 947 g/mol. The first-order chi connectivity index (χ1) is 30.9. The number of aromatic nitrogens is 4. The molecule has 6 aromatic rings. The van der Waals surface area contributed by atoms with E-state index >= 15 is 0 Å². The quantitative estimate of drug-likeness (QED) is 0.0831. The van der Waals surface area contributed by atoms with Gasteiger partial charge in [-0.15, -0.1) is 0 Å². The van der Waals surface area contributed by atoms with Crippen LogP contribution in [0.1, 0.15) is 55.3 Å². The fraction of sp³-hybridized carbons (Fsp3) is 0.304. The van der Waals surface area contributed by atoms with Crippen molar-refractivity contribution in [1.29, 1.82) is 0 Å².